The second-order valence-corrected chi connectivity index (χ2v) is 8.16. The molecule has 1 aromatic heterocycles. The summed E-state index contributed by atoms with van der Waals surface area (Å²) in [6.07, 6.45) is 5.61. The van der Waals surface area contributed by atoms with Gasteiger partial charge in [-0.25, -0.2) is 4.99 Å². The van der Waals surface area contributed by atoms with Crippen LogP contribution in [-0.2, 0) is 16.0 Å². The van der Waals surface area contributed by atoms with E-state index in [1.807, 2.05) is 24.3 Å². The fourth-order valence-electron chi connectivity index (χ4n) is 2.99. The molecule has 9 heteroatoms. The van der Waals surface area contributed by atoms with E-state index < -0.39 is 5.60 Å². The number of likely N-dealkylation sites (N-methyl/N-ethyl adjacent to an activating group) is 2. The number of fused-ring (bicyclic) bond motifs is 1. The Morgan fingerprint density at radius 2 is 2.17 bits per heavy atom. The van der Waals surface area contributed by atoms with Crippen LogP contribution >= 0.6 is 0 Å². The molecule has 3 rings (SSSR count). The van der Waals surface area contributed by atoms with Crippen LogP contribution in [0.3, 0.4) is 0 Å². The number of amides is 2. The van der Waals surface area contributed by atoms with Crippen LogP contribution in [0.25, 0.3) is 0 Å². The number of aromatic nitrogens is 1. The summed E-state index contributed by atoms with van der Waals surface area (Å²) in [5.74, 6) is 6.26. The third-order valence-corrected chi connectivity index (χ3v) is 4.84. The number of anilines is 1. The number of hydrogen-bond donors (Lipinski definition) is 3. The van der Waals surface area contributed by atoms with Gasteiger partial charge < -0.3 is 25.8 Å². The molecule has 1 aliphatic heterocycles. The Morgan fingerprint density at radius 3 is 2.77 bits per heavy atom. The Balaban J connectivity index is 0.000000269. The van der Waals surface area contributed by atoms with Crippen molar-refractivity contribution < 1.29 is 19.4 Å². The van der Waals surface area contributed by atoms with E-state index in [0.717, 1.165) is 16.8 Å². The van der Waals surface area contributed by atoms with Crippen molar-refractivity contribution in [2.24, 2.45) is 10.7 Å². The molecule has 0 spiro atoms. The van der Waals surface area contributed by atoms with Crippen molar-refractivity contribution in [3.8, 4) is 17.6 Å². The third-order valence-electron chi connectivity index (χ3n) is 4.84. The zero-order valence-electron chi connectivity index (χ0n) is 20.4. The lowest BCUT2D eigenvalue weighted by atomic mass is 10.1. The van der Waals surface area contributed by atoms with E-state index in [0.29, 0.717) is 30.9 Å². The maximum atomic E-state index is 12.3. The van der Waals surface area contributed by atoms with Crippen molar-refractivity contribution in [3.63, 3.8) is 0 Å². The lowest BCUT2D eigenvalue weighted by molar-refractivity contribution is -0.120. The monoisotopic (exact) mass is 477 g/mol. The highest BCUT2D eigenvalue weighted by molar-refractivity contribution is 5.99. The van der Waals surface area contributed by atoms with Gasteiger partial charge in [-0.1, -0.05) is 17.9 Å². The van der Waals surface area contributed by atoms with Crippen LogP contribution in [0.4, 0.5) is 5.69 Å². The largest absolute Gasteiger partial charge is 0.489 e. The number of ether oxygens (including phenoxy) is 1. The number of carbonyl (C=O) groups excluding carboxylic acids is 2. The number of carbonyl (C=O) groups is 2. The molecule has 0 saturated carbocycles. The highest BCUT2D eigenvalue weighted by Gasteiger charge is 2.28. The van der Waals surface area contributed by atoms with E-state index >= 15 is 0 Å². The number of aliphatic hydroxyl groups is 1. The van der Waals surface area contributed by atoms with Crippen LogP contribution in [0.5, 0.6) is 5.75 Å². The van der Waals surface area contributed by atoms with E-state index in [2.05, 4.69) is 27.1 Å². The average Bonchev–Trinajstić information content (AvgIpc) is 2.97. The first kappa shape index (κ1) is 27.2. The number of hydrogen-bond acceptors (Lipinski definition) is 7. The molecule has 2 heterocycles. The van der Waals surface area contributed by atoms with Gasteiger partial charge in [-0.15, -0.1) is 0 Å². The average molecular weight is 478 g/mol. The van der Waals surface area contributed by atoms with Gasteiger partial charge in [0, 0.05) is 37.1 Å². The van der Waals surface area contributed by atoms with Gasteiger partial charge >= 0.3 is 0 Å². The van der Waals surface area contributed by atoms with Crippen LogP contribution in [0, 0.1) is 11.8 Å². The summed E-state index contributed by atoms with van der Waals surface area (Å²) in [7, 11) is 3.45. The third kappa shape index (κ3) is 8.70. The Bertz CT molecular complexity index is 1130. The second-order valence-electron chi connectivity index (χ2n) is 8.16. The summed E-state index contributed by atoms with van der Waals surface area (Å²) in [6.45, 7) is 3.54. The lowest BCUT2D eigenvalue weighted by Crippen LogP contribution is -2.45. The summed E-state index contributed by atoms with van der Waals surface area (Å²) < 4.78 is 5.67. The molecule has 9 nitrogen and oxygen atoms in total. The highest BCUT2D eigenvalue weighted by atomic mass is 16.5. The van der Waals surface area contributed by atoms with Crippen LogP contribution in [0.2, 0.25) is 0 Å². The molecule has 0 bridgehead atoms. The summed E-state index contributed by atoms with van der Waals surface area (Å²) in [5, 5.41) is 12.6. The van der Waals surface area contributed by atoms with Crippen molar-refractivity contribution in [2.75, 3.05) is 25.6 Å². The van der Waals surface area contributed by atoms with E-state index in [1.54, 1.807) is 51.2 Å². The topological polar surface area (TPSA) is 130 Å². The lowest BCUT2D eigenvalue weighted by Gasteiger charge is -2.19. The molecule has 35 heavy (non-hydrogen) atoms. The van der Waals surface area contributed by atoms with Crippen molar-refractivity contribution in [2.45, 2.75) is 31.9 Å². The molecule has 0 aliphatic carbocycles. The Labute approximate surface area is 205 Å². The smallest absolute Gasteiger partial charge is 0.247 e. The zero-order valence-corrected chi connectivity index (χ0v) is 20.4. The summed E-state index contributed by atoms with van der Waals surface area (Å²) in [5.41, 5.74) is 7.37. The Hall–Kier alpha value is -4.00. The van der Waals surface area contributed by atoms with Gasteiger partial charge in [0.05, 0.1) is 5.69 Å². The quantitative estimate of drug-likeness (QED) is 0.338. The van der Waals surface area contributed by atoms with E-state index in [9.17, 15) is 14.7 Å². The first-order chi connectivity index (χ1) is 16.7. The van der Waals surface area contributed by atoms with E-state index in [1.165, 1.54) is 12.4 Å². The van der Waals surface area contributed by atoms with Gasteiger partial charge in [0.2, 0.25) is 12.3 Å². The van der Waals surface area contributed by atoms with Crippen LogP contribution in [-0.4, -0.2) is 61.0 Å². The first-order valence-electron chi connectivity index (χ1n) is 10.9. The second kappa shape index (κ2) is 13.0. The van der Waals surface area contributed by atoms with Gasteiger partial charge in [-0.2, -0.15) is 0 Å². The number of nitrogens with two attached hydrogens (primary N) is 1. The van der Waals surface area contributed by atoms with Crippen LogP contribution in [0.1, 0.15) is 25.1 Å². The molecule has 1 aromatic carbocycles. The summed E-state index contributed by atoms with van der Waals surface area (Å²) >= 11 is 0. The van der Waals surface area contributed by atoms with Gasteiger partial charge in [0.25, 0.3) is 0 Å². The number of pyridine rings is 1. The molecule has 1 aliphatic rings. The molecular formula is C26H31N5O4. The predicted molar refractivity (Wildman–Crippen MR) is 136 cm³/mol. The van der Waals surface area contributed by atoms with E-state index in [4.69, 9.17) is 10.5 Å². The van der Waals surface area contributed by atoms with Crippen LogP contribution < -0.4 is 20.7 Å². The first-order valence-corrected chi connectivity index (χ1v) is 10.9. The van der Waals surface area contributed by atoms with Gasteiger partial charge in [0.15, 0.2) is 0 Å². The fourth-order valence-corrected chi connectivity index (χ4v) is 2.99. The van der Waals surface area contributed by atoms with Crippen molar-refractivity contribution in [1.29, 1.82) is 0 Å². The van der Waals surface area contributed by atoms with Gasteiger partial charge in [-0.3, -0.25) is 14.6 Å². The number of aliphatic imine (C=N–C) groups is 1. The molecule has 4 N–H and O–H groups in total. The Kier molecular flexibility index (Phi) is 10.1. The van der Waals surface area contributed by atoms with Gasteiger partial charge in [0.1, 0.15) is 24.0 Å². The standard InChI is InChI=1S/C16H20N2O3.C10H11N3O/c1-16(2,20)8-7-11-5-6-14-13(9-11)18(4)15(19)12(17-3)10-21-14;11-6-9(7-12-8-14)5-10-3-1-2-4-13-10/h5-6,9,12,17,20H,10H2,1-4H3;1-4,6-8H,5,11H2/b;9-6-,12-7?. The zero-order chi connectivity index (χ0) is 25.8. The number of allylic oxidation sites excluding steroid dienone is 1. The summed E-state index contributed by atoms with van der Waals surface area (Å²) in [6, 6.07) is 10.7. The molecule has 2 aromatic rings. The maximum Gasteiger partial charge on any atom is 0.247 e. The maximum absolute atomic E-state index is 12.3. The highest BCUT2D eigenvalue weighted by Crippen LogP contribution is 2.31. The Morgan fingerprint density at radius 1 is 1.40 bits per heavy atom. The molecule has 184 valence electrons. The number of nitrogens with zero attached hydrogens (tertiary/aromatic N) is 3. The molecule has 1 atom stereocenters. The van der Waals surface area contributed by atoms with Crippen molar-refractivity contribution in [3.05, 3.63) is 65.6 Å². The molecular weight excluding hydrogens is 446 g/mol. The normalized spacial score (nSPS) is 15.7. The molecule has 2 amide bonds. The minimum absolute atomic E-state index is 0.0520. The molecule has 0 fully saturated rings. The van der Waals surface area contributed by atoms with Crippen molar-refractivity contribution >= 4 is 24.2 Å². The number of benzene rings is 1. The minimum atomic E-state index is -1.05. The van der Waals surface area contributed by atoms with Gasteiger partial charge in [-0.05, 0) is 63.0 Å². The predicted octanol–water partition coefficient (Wildman–Crippen LogP) is 1.45. The minimum Gasteiger partial charge on any atom is -0.489 e. The molecule has 0 radical (unpaired) electrons. The summed E-state index contributed by atoms with van der Waals surface area (Å²) in [4.78, 5) is 31.4. The van der Waals surface area contributed by atoms with Crippen LogP contribution in [0.15, 0.2) is 59.4 Å². The van der Waals surface area contributed by atoms with Crippen molar-refractivity contribution in [1.82, 2.24) is 10.3 Å². The molecule has 1 unspecified atom stereocenters. The number of nitrogens with one attached hydrogen (secondary N) is 1. The number of rotatable bonds is 5. The van der Waals surface area contributed by atoms with E-state index in [-0.39, 0.29) is 11.9 Å². The molecule has 0 saturated heterocycles. The fraction of sp³-hybridized carbons (Fsp3) is 0.308. The SMILES string of the molecule is CNC1COc2ccc(C#CC(C)(C)O)cc2N(C)C1=O.N/C=C(\C=NC=O)Cc1ccccn1.